The maximum atomic E-state index is 2.67. The summed E-state index contributed by atoms with van der Waals surface area (Å²) in [5.74, 6) is 0. The van der Waals surface area contributed by atoms with Crippen LogP contribution in [0.25, 0.3) is 0 Å². The zero-order valence-corrected chi connectivity index (χ0v) is 10.9. The Bertz CT molecular complexity index is 121. The van der Waals surface area contributed by atoms with Crippen molar-refractivity contribution >= 4 is 0 Å². The van der Waals surface area contributed by atoms with Crippen molar-refractivity contribution in [3.05, 3.63) is 0 Å². The van der Waals surface area contributed by atoms with Crippen LogP contribution in [0.4, 0.5) is 0 Å². The molecule has 14 heavy (non-hydrogen) atoms. The van der Waals surface area contributed by atoms with Gasteiger partial charge in [0.05, 0.1) is 0 Å². The van der Waals surface area contributed by atoms with Crippen LogP contribution in [0.5, 0.6) is 0 Å². The molecule has 0 aromatic carbocycles. The summed E-state index contributed by atoms with van der Waals surface area (Å²) in [4.78, 5) is 2.67. The molecule has 0 fully saturated rings. The first kappa shape index (κ1) is 14.0. The van der Waals surface area contributed by atoms with E-state index in [4.69, 9.17) is 0 Å². The van der Waals surface area contributed by atoms with Crippen molar-refractivity contribution in [3.8, 4) is 0 Å². The summed E-state index contributed by atoms with van der Waals surface area (Å²) in [6, 6.07) is 0. The molecule has 0 amide bonds. The van der Waals surface area contributed by atoms with Gasteiger partial charge in [0.2, 0.25) is 0 Å². The van der Waals surface area contributed by atoms with Gasteiger partial charge in [-0.1, -0.05) is 33.6 Å². The van der Waals surface area contributed by atoms with Crippen molar-refractivity contribution < 1.29 is 0 Å². The van der Waals surface area contributed by atoms with Gasteiger partial charge in [-0.05, 0) is 46.2 Å². The Kier molecular flexibility index (Phi) is 7.26. The number of hydrogen-bond acceptors (Lipinski definition) is 1. The van der Waals surface area contributed by atoms with Gasteiger partial charge in [0.1, 0.15) is 0 Å². The molecule has 0 spiro atoms. The molecule has 0 bridgehead atoms. The van der Waals surface area contributed by atoms with E-state index in [1.165, 1.54) is 45.2 Å². The Hall–Kier alpha value is -0.0400. The predicted octanol–water partition coefficient (Wildman–Crippen LogP) is 4.08. The first-order chi connectivity index (χ1) is 6.58. The van der Waals surface area contributed by atoms with Crippen LogP contribution in [-0.4, -0.2) is 23.5 Å². The maximum absolute atomic E-state index is 2.67. The molecule has 0 aromatic rings. The van der Waals surface area contributed by atoms with E-state index in [9.17, 15) is 0 Å². The molecule has 0 aliphatic heterocycles. The lowest BCUT2D eigenvalue weighted by Gasteiger charge is -2.38. The smallest absolute Gasteiger partial charge is 0.0150 e. The van der Waals surface area contributed by atoms with Gasteiger partial charge in [0.15, 0.2) is 0 Å². The number of hydrogen-bond donors (Lipinski definition) is 0. The average Bonchev–Trinajstić information content (AvgIpc) is 2.17. The normalized spacial score (nSPS) is 12.4. The second-order valence-corrected chi connectivity index (χ2v) is 4.86. The highest BCUT2D eigenvalue weighted by Crippen LogP contribution is 2.19. The van der Waals surface area contributed by atoms with Crippen LogP contribution < -0.4 is 0 Å². The highest BCUT2D eigenvalue weighted by Gasteiger charge is 2.23. The Morgan fingerprint density at radius 2 is 1.29 bits per heavy atom. The molecule has 0 rings (SSSR count). The maximum Gasteiger partial charge on any atom is 0.0150 e. The Balaban J connectivity index is 4.08. The van der Waals surface area contributed by atoms with Crippen LogP contribution >= 0.6 is 0 Å². The minimum absolute atomic E-state index is 0.393. The zero-order valence-electron chi connectivity index (χ0n) is 10.9. The molecule has 0 N–H and O–H groups in total. The third kappa shape index (κ3) is 4.99. The van der Waals surface area contributed by atoms with E-state index in [-0.39, 0.29) is 0 Å². The van der Waals surface area contributed by atoms with Crippen molar-refractivity contribution in [2.45, 2.75) is 72.3 Å². The van der Waals surface area contributed by atoms with Gasteiger partial charge >= 0.3 is 0 Å². The second kappa shape index (κ2) is 7.28. The van der Waals surface area contributed by atoms with Crippen LogP contribution in [0.2, 0.25) is 0 Å². The van der Waals surface area contributed by atoms with Gasteiger partial charge in [-0.25, -0.2) is 0 Å². The van der Waals surface area contributed by atoms with E-state index < -0.39 is 0 Å². The van der Waals surface area contributed by atoms with Gasteiger partial charge in [-0.3, -0.25) is 4.90 Å². The predicted molar refractivity (Wildman–Crippen MR) is 65.8 cm³/mol. The van der Waals surface area contributed by atoms with Crippen molar-refractivity contribution in [2.24, 2.45) is 0 Å². The van der Waals surface area contributed by atoms with Crippen molar-refractivity contribution in [3.63, 3.8) is 0 Å². The molecule has 0 radical (unpaired) electrons. The largest absolute Gasteiger partial charge is 0.298 e. The van der Waals surface area contributed by atoms with Crippen LogP contribution in [0.3, 0.4) is 0 Å². The summed E-state index contributed by atoms with van der Waals surface area (Å²) < 4.78 is 0. The number of rotatable bonds is 8. The summed E-state index contributed by atoms with van der Waals surface area (Å²) in [5.41, 5.74) is 0.393. The second-order valence-electron chi connectivity index (χ2n) is 4.86. The SMILES string of the molecule is CCCCN(CCCC)C(C)(C)CC. The molecule has 0 saturated carbocycles. The highest BCUT2D eigenvalue weighted by molar-refractivity contribution is 4.79. The van der Waals surface area contributed by atoms with Crippen LogP contribution in [0.1, 0.15) is 66.7 Å². The lowest BCUT2D eigenvalue weighted by atomic mass is 9.98. The topological polar surface area (TPSA) is 3.24 Å². The van der Waals surface area contributed by atoms with Crippen LogP contribution in [-0.2, 0) is 0 Å². The lowest BCUT2D eigenvalue weighted by Crippen LogP contribution is -2.44. The van der Waals surface area contributed by atoms with Crippen LogP contribution in [0, 0.1) is 0 Å². The highest BCUT2D eigenvalue weighted by atomic mass is 15.2. The summed E-state index contributed by atoms with van der Waals surface area (Å²) in [5, 5.41) is 0. The van der Waals surface area contributed by atoms with Gasteiger partial charge in [0, 0.05) is 5.54 Å². The van der Waals surface area contributed by atoms with E-state index in [2.05, 4.69) is 39.5 Å². The van der Waals surface area contributed by atoms with E-state index >= 15 is 0 Å². The van der Waals surface area contributed by atoms with E-state index in [1.807, 2.05) is 0 Å². The molecular weight excluding hydrogens is 170 g/mol. The third-order valence-corrected chi connectivity index (χ3v) is 3.28. The molecule has 0 aliphatic carbocycles. The minimum atomic E-state index is 0.393. The molecule has 1 nitrogen and oxygen atoms in total. The molecule has 0 atom stereocenters. The molecule has 0 aromatic heterocycles. The van der Waals surface area contributed by atoms with Gasteiger partial charge in [-0.15, -0.1) is 0 Å². The Morgan fingerprint density at radius 1 is 0.857 bits per heavy atom. The fourth-order valence-electron chi connectivity index (χ4n) is 1.64. The first-order valence-corrected chi connectivity index (χ1v) is 6.33. The molecule has 0 aliphatic rings. The standard InChI is InChI=1S/C13H29N/c1-6-9-11-14(12-10-7-2)13(4,5)8-3/h6-12H2,1-5H3. The summed E-state index contributed by atoms with van der Waals surface area (Å²) in [6.07, 6.45) is 6.55. The van der Waals surface area contributed by atoms with Gasteiger partial charge in [-0.2, -0.15) is 0 Å². The van der Waals surface area contributed by atoms with Gasteiger partial charge in [0.25, 0.3) is 0 Å². The fourth-order valence-corrected chi connectivity index (χ4v) is 1.64. The Morgan fingerprint density at radius 3 is 1.57 bits per heavy atom. The summed E-state index contributed by atoms with van der Waals surface area (Å²) in [7, 11) is 0. The fraction of sp³-hybridized carbons (Fsp3) is 1.00. The van der Waals surface area contributed by atoms with E-state index in [0.29, 0.717) is 5.54 Å². The Labute approximate surface area is 90.9 Å². The average molecular weight is 199 g/mol. The molecule has 86 valence electrons. The number of unbranched alkanes of at least 4 members (excludes halogenated alkanes) is 2. The number of nitrogens with zero attached hydrogens (tertiary/aromatic N) is 1. The van der Waals surface area contributed by atoms with Crippen molar-refractivity contribution in [2.75, 3.05) is 13.1 Å². The zero-order chi connectivity index (χ0) is 11.0. The molecule has 0 heterocycles. The van der Waals surface area contributed by atoms with E-state index in [0.717, 1.165) is 0 Å². The van der Waals surface area contributed by atoms with Crippen LogP contribution in [0.15, 0.2) is 0 Å². The quantitative estimate of drug-likeness (QED) is 0.569. The molecular formula is C13H29N. The molecule has 0 saturated heterocycles. The monoisotopic (exact) mass is 199 g/mol. The third-order valence-electron chi connectivity index (χ3n) is 3.28. The lowest BCUT2D eigenvalue weighted by molar-refractivity contribution is 0.112. The van der Waals surface area contributed by atoms with Crippen molar-refractivity contribution in [1.29, 1.82) is 0 Å². The molecule has 0 unspecified atom stereocenters. The molecule has 1 heteroatoms. The minimum Gasteiger partial charge on any atom is -0.298 e. The van der Waals surface area contributed by atoms with E-state index in [1.54, 1.807) is 0 Å². The van der Waals surface area contributed by atoms with Crippen molar-refractivity contribution in [1.82, 2.24) is 4.90 Å². The summed E-state index contributed by atoms with van der Waals surface area (Å²) in [6.45, 7) is 14.1. The van der Waals surface area contributed by atoms with Gasteiger partial charge < -0.3 is 0 Å². The first-order valence-electron chi connectivity index (χ1n) is 6.33. The summed E-state index contributed by atoms with van der Waals surface area (Å²) >= 11 is 0.